The summed E-state index contributed by atoms with van der Waals surface area (Å²) in [6.45, 7) is 5.91. The number of amides is 2. The summed E-state index contributed by atoms with van der Waals surface area (Å²) in [7, 11) is 4.12. The molecule has 0 aliphatic heterocycles. The molecule has 7 heteroatoms. The van der Waals surface area contributed by atoms with Crippen LogP contribution in [-0.2, 0) is 0 Å². The van der Waals surface area contributed by atoms with Gasteiger partial charge in [-0.3, -0.25) is 5.32 Å². The molecule has 1 aromatic heterocycles. The average Bonchev–Trinajstić information content (AvgIpc) is 3.47. The van der Waals surface area contributed by atoms with Crippen molar-refractivity contribution in [1.29, 1.82) is 0 Å². The number of benzene rings is 1. The van der Waals surface area contributed by atoms with E-state index < -0.39 is 0 Å². The Morgan fingerprint density at radius 2 is 1.89 bits per heavy atom. The monoisotopic (exact) mass is 382 g/mol. The number of carbonyl (C=O) groups excluding carboxylic acids is 1. The lowest BCUT2D eigenvalue weighted by atomic mass is 10.1. The number of hydrogen-bond donors (Lipinski definition) is 3. The smallest absolute Gasteiger partial charge is 0.326 e. The van der Waals surface area contributed by atoms with Crippen LogP contribution in [0.4, 0.5) is 22.2 Å². The Labute approximate surface area is 167 Å². The summed E-state index contributed by atoms with van der Waals surface area (Å²) >= 11 is 0. The topological polar surface area (TPSA) is 82.2 Å². The van der Waals surface area contributed by atoms with Crippen molar-refractivity contribution in [2.75, 3.05) is 43.1 Å². The third kappa shape index (κ3) is 5.92. The first-order valence-corrected chi connectivity index (χ1v) is 9.83. The normalized spacial score (nSPS) is 13.5. The van der Waals surface area contributed by atoms with Gasteiger partial charge in [0.15, 0.2) is 0 Å². The van der Waals surface area contributed by atoms with E-state index in [1.54, 1.807) is 0 Å². The lowest BCUT2D eigenvalue weighted by Crippen LogP contribution is -2.22. The van der Waals surface area contributed by atoms with Crippen LogP contribution >= 0.6 is 0 Å². The second-order valence-corrected chi connectivity index (χ2v) is 7.74. The zero-order valence-corrected chi connectivity index (χ0v) is 17.2. The SMILES string of the molecule is Cc1ccc(NC(=O)Nc2nc(NCCCN(C)C)cc(C3CC3)n2)cc1C. The first-order chi connectivity index (χ1) is 13.4. The number of aryl methyl sites for hydroxylation is 2. The molecule has 1 fully saturated rings. The van der Waals surface area contributed by atoms with E-state index in [9.17, 15) is 4.79 Å². The maximum absolute atomic E-state index is 12.4. The van der Waals surface area contributed by atoms with Gasteiger partial charge in [0, 0.05) is 24.2 Å². The number of urea groups is 1. The Hall–Kier alpha value is -2.67. The molecular formula is C21H30N6O. The number of anilines is 3. The van der Waals surface area contributed by atoms with Gasteiger partial charge in [0.2, 0.25) is 5.95 Å². The van der Waals surface area contributed by atoms with Gasteiger partial charge in [-0.25, -0.2) is 9.78 Å². The predicted molar refractivity (Wildman–Crippen MR) is 114 cm³/mol. The summed E-state index contributed by atoms with van der Waals surface area (Å²) in [6, 6.07) is 7.50. The second-order valence-electron chi connectivity index (χ2n) is 7.74. The van der Waals surface area contributed by atoms with Gasteiger partial charge < -0.3 is 15.5 Å². The fraction of sp³-hybridized carbons (Fsp3) is 0.476. The minimum Gasteiger partial charge on any atom is -0.370 e. The van der Waals surface area contributed by atoms with Gasteiger partial charge in [0.1, 0.15) is 5.82 Å². The number of rotatable bonds is 8. The van der Waals surface area contributed by atoms with Gasteiger partial charge in [-0.15, -0.1) is 0 Å². The van der Waals surface area contributed by atoms with Crippen molar-refractivity contribution in [2.24, 2.45) is 0 Å². The van der Waals surface area contributed by atoms with Gasteiger partial charge in [-0.05, 0) is 77.0 Å². The fourth-order valence-electron chi connectivity index (χ4n) is 2.90. The molecule has 0 unspecified atom stereocenters. The van der Waals surface area contributed by atoms with E-state index in [1.807, 2.05) is 38.1 Å². The molecule has 2 amide bonds. The molecule has 3 N–H and O–H groups in total. The average molecular weight is 383 g/mol. The van der Waals surface area contributed by atoms with Gasteiger partial charge in [0.25, 0.3) is 0 Å². The van der Waals surface area contributed by atoms with Crippen LogP contribution in [0.5, 0.6) is 0 Å². The van der Waals surface area contributed by atoms with Crippen LogP contribution in [0, 0.1) is 13.8 Å². The Balaban J connectivity index is 1.64. The van der Waals surface area contributed by atoms with Crippen LogP contribution in [0.15, 0.2) is 24.3 Å². The lowest BCUT2D eigenvalue weighted by molar-refractivity contribution is 0.262. The highest BCUT2D eigenvalue weighted by atomic mass is 16.2. The van der Waals surface area contributed by atoms with Crippen molar-refractivity contribution in [2.45, 2.75) is 39.0 Å². The highest BCUT2D eigenvalue weighted by Gasteiger charge is 2.26. The predicted octanol–water partition coefficient (Wildman–Crippen LogP) is 3.98. The summed E-state index contributed by atoms with van der Waals surface area (Å²) in [5.74, 6) is 1.58. The Kier molecular flexibility index (Phi) is 6.46. The van der Waals surface area contributed by atoms with Gasteiger partial charge >= 0.3 is 6.03 Å². The lowest BCUT2D eigenvalue weighted by Gasteiger charge is -2.13. The molecule has 2 aromatic rings. The van der Waals surface area contributed by atoms with E-state index in [-0.39, 0.29) is 6.03 Å². The zero-order valence-electron chi connectivity index (χ0n) is 17.2. The van der Waals surface area contributed by atoms with Crippen LogP contribution in [0.2, 0.25) is 0 Å². The summed E-state index contributed by atoms with van der Waals surface area (Å²) in [5.41, 5.74) is 4.07. The maximum atomic E-state index is 12.4. The summed E-state index contributed by atoms with van der Waals surface area (Å²) in [6.07, 6.45) is 3.31. The van der Waals surface area contributed by atoms with E-state index >= 15 is 0 Å². The molecule has 0 bridgehead atoms. The summed E-state index contributed by atoms with van der Waals surface area (Å²) < 4.78 is 0. The fourth-order valence-corrected chi connectivity index (χ4v) is 2.90. The number of nitrogens with zero attached hydrogens (tertiary/aromatic N) is 3. The molecule has 150 valence electrons. The zero-order chi connectivity index (χ0) is 20.1. The van der Waals surface area contributed by atoms with Crippen LogP contribution in [0.3, 0.4) is 0 Å². The maximum Gasteiger partial charge on any atom is 0.326 e. The van der Waals surface area contributed by atoms with Crippen molar-refractivity contribution in [1.82, 2.24) is 14.9 Å². The van der Waals surface area contributed by atoms with Gasteiger partial charge in [-0.2, -0.15) is 4.98 Å². The van der Waals surface area contributed by atoms with Crippen molar-refractivity contribution < 1.29 is 4.79 Å². The van der Waals surface area contributed by atoms with Gasteiger partial charge in [-0.1, -0.05) is 6.07 Å². The van der Waals surface area contributed by atoms with Crippen molar-refractivity contribution in [3.8, 4) is 0 Å². The molecule has 1 saturated carbocycles. The van der Waals surface area contributed by atoms with Crippen LogP contribution in [-0.4, -0.2) is 48.1 Å². The first-order valence-electron chi connectivity index (χ1n) is 9.83. The second kappa shape index (κ2) is 9.01. The van der Waals surface area contributed by atoms with Gasteiger partial charge in [0.05, 0.1) is 5.69 Å². The molecule has 0 radical (unpaired) electrons. The minimum absolute atomic E-state index is 0.334. The van der Waals surface area contributed by atoms with E-state index in [0.29, 0.717) is 11.9 Å². The highest BCUT2D eigenvalue weighted by molar-refractivity contribution is 5.98. The van der Waals surface area contributed by atoms with E-state index in [0.717, 1.165) is 55.1 Å². The highest BCUT2D eigenvalue weighted by Crippen LogP contribution is 2.39. The number of hydrogen-bond acceptors (Lipinski definition) is 5. The van der Waals surface area contributed by atoms with Crippen LogP contribution < -0.4 is 16.0 Å². The molecule has 3 rings (SSSR count). The van der Waals surface area contributed by atoms with Crippen molar-refractivity contribution >= 4 is 23.5 Å². The Morgan fingerprint density at radius 1 is 1.11 bits per heavy atom. The Bertz CT molecular complexity index is 832. The van der Waals surface area contributed by atoms with Crippen LogP contribution in [0.25, 0.3) is 0 Å². The molecule has 1 aliphatic rings. The molecule has 0 spiro atoms. The third-order valence-electron chi connectivity index (χ3n) is 4.82. The quantitative estimate of drug-likeness (QED) is 0.602. The standard InChI is InChI=1S/C21H30N6O/c1-14-6-9-17(12-15(14)2)23-21(28)26-20-24-18(16-7-8-16)13-19(25-20)22-10-5-11-27(3)4/h6,9,12-13,16H,5,7-8,10-11H2,1-4H3,(H3,22,23,24,25,26,28). The van der Waals surface area contributed by atoms with E-state index in [2.05, 4.69) is 44.9 Å². The third-order valence-corrected chi connectivity index (χ3v) is 4.82. The van der Waals surface area contributed by atoms with E-state index in [1.165, 1.54) is 5.56 Å². The number of carbonyl (C=O) groups is 1. The molecule has 1 aromatic carbocycles. The largest absolute Gasteiger partial charge is 0.370 e. The molecule has 28 heavy (non-hydrogen) atoms. The first kappa shape index (κ1) is 20.1. The summed E-state index contributed by atoms with van der Waals surface area (Å²) in [4.78, 5) is 23.5. The molecule has 1 aliphatic carbocycles. The number of nitrogens with one attached hydrogen (secondary N) is 3. The molecule has 0 atom stereocenters. The Morgan fingerprint density at radius 3 is 2.57 bits per heavy atom. The molecule has 0 saturated heterocycles. The minimum atomic E-state index is -0.338. The molecule has 7 nitrogen and oxygen atoms in total. The van der Waals surface area contributed by atoms with E-state index in [4.69, 9.17) is 0 Å². The molecular weight excluding hydrogens is 352 g/mol. The van der Waals surface area contributed by atoms with Crippen LogP contribution in [0.1, 0.15) is 42.0 Å². The van der Waals surface area contributed by atoms with Crippen molar-refractivity contribution in [3.05, 3.63) is 41.1 Å². The number of aromatic nitrogens is 2. The molecule has 1 heterocycles. The van der Waals surface area contributed by atoms with Crippen molar-refractivity contribution in [3.63, 3.8) is 0 Å². The summed E-state index contributed by atoms with van der Waals surface area (Å²) in [5, 5.41) is 8.98.